The highest BCUT2D eigenvalue weighted by Gasteiger charge is 2.31. The number of aliphatic carboxylic acids is 1. The number of aromatic amines is 1. The SMILES string of the molecule is CCc1nc(N(CC(=O)O)C2CC2)cc(=O)[nH]1. The molecule has 92 valence electrons. The van der Waals surface area contributed by atoms with Gasteiger partial charge >= 0.3 is 5.97 Å². The molecular formula is C11H15N3O3. The lowest BCUT2D eigenvalue weighted by molar-refractivity contribution is -0.135. The Hall–Kier alpha value is -1.85. The minimum atomic E-state index is -0.906. The van der Waals surface area contributed by atoms with Gasteiger partial charge in [0.1, 0.15) is 18.2 Å². The van der Waals surface area contributed by atoms with Gasteiger partial charge in [-0.2, -0.15) is 0 Å². The Morgan fingerprint density at radius 2 is 2.35 bits per heavy atom. The van der Waals surface area contributed by atoms with Crippen LogP contribution in [0.2, 0.25) is 0 Å². The van der Waals surface area contributed by atoms with Crippen molar-refractivity contribution in [3.8, 4) is 0 Å². The van der Waals surface area contributed by atoms with Crippen molar-refractivity contribution in [2.75, 3.05) is 11.4 Å². The minimum Gasteiger partial charge on any atom is -0.480 e. The third-order valence-electron chi connectivity index (χ3n) is 2.70. The number of hydrogen-bond donors (Lipinski definition) is 2. The van der Waals surface area contributed by atoms with Crippen LogP contribution >= 0.6 is 0 Å². The van der Waals surface area contributed by atoms with Gasteiger partial charge in [0.2, 0.25) is 0 Å². The first kappa shape index (κ1) is 11.6. The average molecular weight is 237 g/mol. The zero-order chi connectivity index (χ0) is 12.4. The fourth-order valence-corrected chi connectivity index (χ4v) is 1.74. The molecule has 0 bridgehead atoms. The minimum absolute atomic E-state index is 0.107. The highest BCUT2D eigenvalue weighted by Crippen LogP contribution is 2.29. The summed E-state index contributed by atoms with van der Waals surface area (Å²) in [5.41, 5.74) is -0.233. The van der Waals surface area contributed by atoms with Gasteiger partial charge in [-0.15, -0.1) is 0 Å². The van der Waals surface area contributed by atoms with E-state index in [9.17, 15) is 9.59 Å². The summed E-state index contributed by atoms with van der Waals surface area (Å²) in [5.74, 6) is 0.149. The lowest BCUT2D eigenvalue weighted by atomic mass is 10.4. The van der Waals surface area contributed by atoms with Gasteiger partial charge in [0, 0.05) is 18.5 Å². The first-order valence-electron chi connectivity index (χ1n) is 5.69. The molecule has 1 heterocycles. The maximum Gasteiger partial charge on any atom is 0.323 e. The number of nitrogens with zero attached hydrogens (tertiary/aromatic N) is 2. The zero-order valence-electron chi connectivity index (χ0n) is 9.64. The van der Waals surface area contributed by atoms with Crippen molar-refractivity contribution in [1.29, 1.82) is 0 Å². The largest absolute Gasteiger partial charge is 0.480 e. The fourth-order valence-electron chi connectivity index (χ4n) is 1.74. The number of aromatic nitrogens is 2. The highest BCUT2D eigenvalue weighted by molar-refractivity contribution is 5.73. The normalized spacial score (nSPS) is 14.6. The molecule has 0 spiro atoms. The summed E-state index contributed by atoms with van der Waals surface area (Å²) in [5, 5.41) is 8.86. The lowest BCUT2D eigenvalue weighted by Crippen LogP contribution is -2.33. The van der Waals surface area contributed by atoms with Crippen LogP contribution in [0.25, 0.3) is 0 Å². The van der Waals surface area contributed by atoms with Crippen LogP contribution in [0, 0.1) is 0 Å². The predicted molar refractivity (Wildman–Crippen MR) is 62.2 cm³/mol. The van der Waals surface area contributed by atoms with Gasteiger partial charge in [0.15, 0.2) is 0 Å². The molecule has 0 saturated heterocycles. The van der Waals surface area contributed by atoms with Crippen LogP contribution in [-0.4, -0.2) is 33.6 Å². The first-order chi connectivity index (χ1) is 8.10. The molecule has 6 heteroatoms. The Bertz CT molecular complexity index is 479. The third kappa shape index (κ3) is 2.83. The molecule has 0 aliphatic heterocycles. The number of nitrogens with one attached hydrogen (secondary N) is 1. The van der Waals surface area contributed by atoms with Gasteiger partial charge in [-0.05, 0) is 12.8 Å². The standard InChI is InChI=1S/C11H15N3O3/c1-2-8-12-9(5-10(15)13-8)14(6-11(16)17)7-3-4-7/h5,7H,2-4,6H2,1H3,(H,16,17)(H,12,13,15). The monoisotopic (exact) mass is 237 g/mol. The molecule has 1 aliphatic carbocycles. The van der Waals surface area contributed by atoms with Gasteiger partial charge in [0.05, 0.1) is 0 Å². The van der Waals surface area contributed by atoms with Crippen LogP contribution in [0.4, 0.5) is 5.82 Å². The molecule has 2 rings (SSSR count). The second-order valence-corrected chi connectivity index (χ2v) is 4.16. The summed E-state index contributed by atoms with van der Waals surface area (Å²) < 4.78 is 0. The van der Waals surface area contributed by atoms with Crippen molar-refractivity contribution < 1.29 is 9.90 Å². The maximum absolute atomic E-state index is 11.4. The number of carboxylic acid groups (broad SMARTS) is 1. The van der Waals surface area contributed by atoms with Gasteiger partial charge in [-0.25, -0.2) is 4.98 Å². The Labute approximate surface area is 98.3 Å². The van der Waals surface area contributed by atoms with Crippen molar-refractivity contribution in [2.24, 2.45) is 0 Å². The van der Waals surface area contributed by atoms with E-state index in [2.05, 4.69) is 9.97 Å². The Morgan fingerprint density at radius 1 is 1.65 bits per heavy atom. The number of hydrogen-bond acceptors (Lipinski definition) is 4. The molecule has 1 fully saturated rings. The van der Waals surface area contributed by atoms with Crippen molar-refractivity contribution in [1.82, 2.24) is 9.97 Å². The highest BCUT2D eigenvalue weighted by atomic mass is 16.4. The van der Waals surface area contributed by atoms with Crippen molar-refractivity contribution in [2.45, 2.75) is 32.2 Å². The summed E-state index contributed by atoms with van der Waals surface area (Å²) in [7, 11) is 0. The van der Waals surface area contributed by atoms with Gasteiger partial charge in [-0.3, -0.25) is 9.59 Å². The predicted octanol–water partition coefficient (Wildman–Crippen LogP) is 0.386. The summed E-state index contributed by atoms with van der Waals surface area (Å²) in [6, 6.07) is 1.57. The van der Waals surface area contributed by atoms with Crippen molar-refractivity contribution in [3.05, 3.63) is 22.2 Å². The van der Waals surface area contributed by atoms with Gasteiger partial charge in [0.25, 0.3) is 5.56 Å². The second-order valence-electron chi connectivity index (χ2n) is 4.16. The Morgan fingerprint density at radius 3 is 2.88 bits per heavy atom. The number of carbonyl (C=O) groups is 1. The first-order valence-corrected chi connectivity index (χ1v) is 5.69. The molecule has 0 aromatic carbocycles. The molecule has 0 radical (unpaired) electrons. The third-order valence-corrected chi connectivity index (χ3v) is 2.70. The van der Waals surface area contributed by atoms with E-state index in [0.29, 0.717) is 18.1 Å². The summed E-state index contributed by atoms with van der Waals surface area (Å²) >= 11 is 0. The quantitative estimate of drug-likeness (QED) is 0.773. The summed E-state index contributed by atoms with van der Waals surface area (Å²) in [4.78, 5) is 30.8. The molecular weight excluding hydrogens is 222 g/mol. The number of anilines is 1. The molecule has 2 N–H and O–H groups in total. The zero-order valence-corrected chi connectivity index (χ0v) is 9.64. The van der Waals surface area contributed by atoms with E-state index in [1.54, 1.807) is 4.90 Å². The number of H-pyrrole nitrogens is 1. The molecule has 1 aliphatic rings. The Balaban J connectivity index is 2.31. The van der Waals surface area contributed by atoms with Gasteiger partial charge in [-0.1, -0.05) is 6.92 Å². The Kier molecular flexibility index (Phi) is 3.12. The second kappa shape index (κ2) is 4.57. The van der Waals surface area contributed by atoms with E-state index >= 15 is 0 Å². The van der Waals surface area contributed by atoms with Gasteiger partial charge < -0.3 is 15.0 Å². The number of carboxylic acids is 1. The fraction of sp³-hybridized carbons (Fsp3) is 0.545. The molecule has 0 atom stereocenters. The van der Waals surface area contributed by atoms with E-state index in [1.807, 2.05) is 6.92 Å². The molecule has 6 nitrogen and oxygen atoms in total. The average Bonchev–Trinajstić information content (AvgIpc) is 3.08. The molecule has 1 aromatic rings. The topological polar surface area (TPSA) is 86.3 Å². The van der Waals surface area contributed by atoms with Crippen LogP contribution in [0.5, 0.6) is 0 Å². The molecule has 1 saturated carbocycles. The van der Waals surface area contributed by atoms with Crippen LogP contribution in [0.15, 0.2) is 10.9 Å². The number of aryl methyl sites for hydroxylation is 1. The van der Waals surface area contributed by atoms with E-state index < -0.39 is 5.97 Å². The molecule has 0 amide bonds. The van der Waals surface area contributed by atoms with E-state index in [0.717, 1.165) is 12.8 Å². The summed E-state index contributed by atoms with van der Waals surface area (Å²) in [6.07, 6.45) is 2.54. The smallest absolute Gasteiger partial charge is 0.323 e. The van der Waals surface area contributed by atoms with Crippen LogP contribution in [0.1, 0.15) is 25.6 Å². The maximum atomic E-state index is 11.4. The van der Waals surface area contributed by atoms with Crippen LogP contribution in [-0.2, 0) is 11.2 Å². The number of rotatable bonds is 5. The van der Waals surface area contributed by atoms with Crippen LogP contribution < -0.4 is 10.5 Å². The van der Waals surface area contributed by atoms with E-state index in [-0.39, 0.29) is 18.1 Å². The van der Waals surface area contributed by atoms with E-state index in [4.69, 9.17) is 5.11 Å². The van der Waals surface area contributed by atoms with Crippen molar-refractivity contribution in [3.63, 3.8) is 0 Å². The lowest BCUT2D eigenvalue weighted by Gasteiger charge is -2.21. The molecule has 1 aromatic heterocycles. The van der Waals surface area contributed by atoms with Crippen LogP contribution in [0.3, 0.4) is 0 Å². The molecule has 0 unspecified atom stereocenters. The molecule has 17 heavy (non-hydrogen) atoms. The van der Waals surface area contributed by atoms with Crippen molar-refractivity contribution >= 4 is 11.8 Å². The van der Waals surface area contributed by atoms with E-state index in [1.165, 1.54) is 6.07 Å². The summed E-state index contributed by atoms with van der Waals surface area (Å²) in [6.45, 7) is 1.78.